The topological polar surface area (TPSA) is 51.8 Å². The summed E-state index contributed by atoms with van der Waals surface area (Å²) >= 11 is 0. The molecule has 0 radical (unpaired) electrons. The van der Waals surface area contributed by atoms with E-state index in [0.717, 1.165) is 45.2 Å². The van der Waals surface area contributed by atoms with Crippen molar-refractivity contribution < 1.29 is 13.9 Å². The molecule has 4 nitrogen and oxygen atoms in total. The van der Waals surface area contributed by atoms with Gasteiger partial charge in [-0.2, -0.15) is 0 Å². The summed E-state index contributed by atoms with van der Waals surface area (Å²) in [4.78, 5) is 17.2. The smallest absolute Gasteiger partial charge is 0.338 e. The maximum Gasteiger partial charge on any atom is 0.338 e. The summed E-state index contributed by atoms with van der Waals surface area (Å²) in [5, 5.41) is 1.85. The van der Waals surface area contributed by atoms with Crippen molar-refractivity contribution in [3.8, 4) is 22.5 Å². The summed E-state index contributed by atoms with van der Waals surface area (Å²) in [5.41, 5.74) is 5.30. The van der Waals surface area contributed by atoms with E-state index in [9.17, 15) is 4.79 Å². The summed E-state index contributed by atoms with van der Waals surface area (Å²) in [7, 11) is 0. The third kappa shape index (κ3) is 3.61. The van der Waals surface area contributed by atoms with Gasteiger partial charge in [0.05, 0.1) is 17.5 Å². The number of rotatable bonds is 5. The lowest BCUT2D eigenvalue weighted by Gasteiger charge is -2.18. The average molecular weight is 399 g/mol. The van der Waals surface area contributed by atoms with Gasteiger partial charge in [-0.05, 0) is 55.7 Å². The van der Waals surface area contributed by atoms with Crippen LogP contribution in [-0.4, -0.2) is 19.1 Å². The molecule has 2 aromatic rings. The van der Waals surface area contributed by atoms with Gasteiger partial charge >= 0.3 is 5.97 Å². The second-order valence-electron chi connectivity index (χ2n) is 7.08. The number of hydrogen-bond donors (Lipinski definition) is 0. The number of carbonyl (C=O) groups is 1. The van der Waals surface area contributed by atoms with Gasteiger partial charge in [0.2, 0.25) is 0 Å². The Morgan fingerprint density at radius 3 is 2.57 bits per heavy atom. The first kappa shape index (κ1) is 19.9. The van der Waals surface area contributed by atoms with Gasteiger partial charge in [0.25, 0.3) is 0 Å². The summed E-state index contributed by atoms with van der Waals surface area (Å²) in [5.74, 6) is 0.428. The Balaban J connectivity index is 2.10. The van der Waals surface area contributed by atoms with E-state index in [4.69, 9.17) is 9.15 Å². The summed E-state index contributed by atoms with van der Waals surface area (Å²) in [6.45, 7) is 6.99. The van der Waals surface area contributed by atoms with Crippen LogP contribution >= 0.6 is 0 Å². The molecule has 0 unspecified atom stereocenters. The van der Waals surface area contributed by atoms with Crippen LogP contribution in [0.5, 0.6) is 0 Å². The van der Waals surface area contributed by atoms with E-state index in [1.165, 1.54) is 5.56 Å². The first-order valence-electron chi connectivity index (χ1n) is 10.4. The van der Waals surface area contributed by atoms with Gasteiger partial charge in [0, 0.05) is 29.1 Å². The van der Waals surface area contributed by atoms with Gasteiger partial charge in [-0.3, -0.25) is 4.99 Å². The maximum atomic E-state index is 12.7. The lowest BCUT2D eigenvalue weighted by Crippen LogP contribution is -2.08. The van der Waals surface area contributed by atoms with E-state index < -0.39 is 0 Å². The fourth-order valence-electron chi connectivity index (χ4n) is 3.80. The highest BCUT2D eigenvalue weighted by Gasteiger charge is 2.21. The Bertz CT molecular complexity index is 1250. The number of esters is 1. The van der Waals surface area contributed by atoms with E-state index in [1.807, 2.05) is 56.3 Å². The third-order valence-corrected chi connectivity index (χ3v) is 5.21. The second kappa shape index (κ2) is 8.54. The second-order valence-corrected chi connectivity index (χ2v) is 7.08. The van der Waals surface area contributed by atoms with Gasteiger partial charge in [-0.25, -0.2) is 4.79 Å². The van der Waals surface area contributed by atoms with Crippen molar-refractivity contribution in [1.29, 1.82) is 0 Å². The quantitative estimate of drug-likeness (QED) is 0.312. The molecule has 1 heterocycles. The third-order valence-electron chi connectivity index (χ3n) is 5.21. The van der Waals surface area contributed by atoms with E-state index in [-0.39, 0.29) is 5.97 Å². The molecule has 0 fully saturated rings. The molecule has 0 atom stereocenters. The van der Waals surface area contributed by atoms with Gasteiger partial charge in [0.15, 0.2) is 0 Å². The van der Waals surface area contributed by atoms with Crippen LogP contribution in [0.25, 0.3) is 33.4 Å². The number of aryl methyl sites for hydroxylation is 1. The number of carbonyl (C=O) groups excluding carboxylic acids is 1. The van der Waals surface area contributed by atoms with Crippen molar-refractivity contribution in [2.45, 2.75) is 27.2 Å². The highest BCUT2D eigenvalue weighted by molar-refractivity contribution is 6.07. The highest BCUT2D eigenvalue weighted by Crippen LogP contribution is 2.41. The molecule has 0 spiro atoms. The number of ether oxygens (including phenoxy) is 1. The van der Waals surface area contributed by atoms with Crippen molar-refractivity contribution in [2.24, 2.45) is 4.99 Å². The molecule has 0 amide bonds. The molecule has 30 heavy (non-hydrogen) atoms. The van der Waals surface area contributed by atoms with Gasteiger partial charge in [0.1, 0.15) is 11.3 Å². The van der Waals surface area contributed by atoms with Gasteiger partial charge < -0.3 is 9.15 Å². The molecular weight excluding hydrogens is 374 g/mol. The summed E-state index contributed by atoms with van der Waals surface area (Å²) < 4.78 is 11.6. The Kier molecular flexibility index (Phi) is 5.66. The lowest BCUT2D eigenvalue weighted by molar-refractivity contribution is 0.0527. The monoisotopic (exact) mass is 399 g/mol. The normalized spacial score (nSPS) is 11.9. The predicted octanol–water partition coefficient (Wildman–Crippen LogP) is 5.86. The molecule has 0 bridgehead atoms. The Hall–Kier alpha value is -3.40. The average Bonchev–Trinajstić information content (AvgIpc) is 2.77. The van der Waals surface area contributed by atoms with Crippen LogP contribution in [0.4, 0.5) is 0 Å². The van der Waals surface area contributed by atoms with Crippen LogP contribution in [0.3, 0.4) is 0 Å². The minimum atomic E-state index is -0.321. The molecule has 0 saturated heterocycles. The van der Waals surface area contributed by atoms with Crippen molar-refractivity contribution in [1.82, 2.24) is 0 Å². The fraction of sp³-hybridized carbons (Fsp3) is 0.231. The van der Waals surface area contributed by atoms with Crippen LogP contribution in [0, 0.1) is 0 Å². The number of fused-ring (bicyclic) bond motifs is 2. The first-order valence-corrected chi connectivity index (χ1v) is 10.4. The summed E-state index contributed by atoms with van der Waals surface area (Å²) in [6, 6.07) is 19.8. The zero-order valence-electron chi connectivity index (χ0n) is 17.6. The number of hydrogen-bond acceptors (Lipinski definition) is 4. The molecule has 4 rings (SSSR count). The van der Waals surface area contributed by atoms with E-state index in [2.05, 4.69) is 30.1 Å². The number of benzene rings is 3. The Labute approximate surface area is 176 Å². The molecule has 1 aliphatic heterocycles. The zero-order valence-corrected chi connectivity index (χ0v) is 17.6. The minimum Gasteiger partial charge on any atom is -0.462 e. The molecule has 4 heteroatoms. The minimum absolute atomic E-state index is 0.321. The fourth-order valence-corrected chi connectivity index (χ4v) is 3.80. The maximum absolute atomic E-state index is 12.7. The van der Waals surface area contributed by atoms with Crippen LogP contribution < -0.4 is 5.36 Å². The molecule has 0 aromatic heterocycles. The van der Waals surface area contributed by atoms with Crippen LogP contribution in [0.15, 0.2) is 70.1 Å². The molecule has 0 N–H and O–H groups in total. The molecule has 0 saturated carbocycles. The van der Waals surface area contributed by atoms with E-state index >= 15 is 0 Å². The predicted molar refractivity (Wildman–Crippen MR) is 120 cm³/mol. The first-order chi connectivity index (χ1) is 14.7. The van der Waals surface area contributed by atoms with Crippen LogP contribution in [0.2, 0.25) is 0 Å². The van der Waals surface area contributed by atoms with Crippen molar-refractivity contribution in [3.63, 3.8) is 0 Å². The van der Waals surface area contributed by atoms with E-state index in [0.29, 0.717) is 18.7 Å². The largest absolute Gasteiger partial charge is 0.462 e. The van der Waals surface area contributed by atoms with Crippen molar-refractivity contribution in [3.05, 3.63) is 77.1 Å². The van der Waals surface area contributed by atoms with Crippen LogP contribution in [-0.2, 0) is 11.2 Å². The highest BCUT2D eigenvalue weighted by atomic mass is 16.5. The van der Waals surface area contributed by atoms with Crippen molar-refractivity contribution in [2.75, 3.05) is 13.2 Å². The van der Waals surface area contributed by atoms with Crippen LogP contribution in [0.1, 0.15) is 36.7 Å². The number of nitrogens with zero attached hydrogens (tertiary/aromatic N) is 1. The van der Waals surface area contributed by atoms with Crippen molar-refractivity contribution >= 4 is 16.9 Å². The molecule has 1 aliphatic carbocycles. The van der Waals surface area contributed by atoms with E-state index in [1.54, 1.807) is 0 Å². The molecule has 2 aromatic carbocycles. The molecule has 152 valence electrons. The van der Waals surface area contributed by atoms with Gasteiger partial charge in [-0.15, -0.1) is 0 Å². The lowest BCUT2D eigenvalue weighted by atomic mass is 9.90. The Morgan fingerprint density at radius 1 is 0.967 bits per heavy atom. The summed E-state index contributed by atoms with van der Waals surface area (Å²) in [6.07, 6.45) is 0.920. The molecule has 2 aliphatic rings. The standard InChI is InChI=1S/C26H25NO3/c1-4-17-11-13-21-23(15-17)30-24-16-18(27-5-2)12-14-22(24)25(21)19-9-7-8-10-20(19)26(28)29-6-3/h7-16H,4-6H2,1-3H3. The zero-order chi connectivity index (χ0) is 21.1. The Morgan fingerprint density at radius 2 is 1.80 bits per heavy atom. The SMILES string of the molecule is CCN=c1ccc2c(-c3ccccc3C(=O)OCC)c3ccc(CC)cc3oc-2c1. The van der Waals surface area contributed by atoms with Gasteiger partial charge in [-0.1, -0.05) is 37.3 Å². The molecular formula is C26H25NO3.